The van der Waals surface area contributed by atoms with Gasteiger partial charge in [-0.2, -0.15) is 0 Å². The molecule has 0 bridgehead atoms. The summed E-state index contributed by atoms with van der Waals surface area (Å²) in [6.07, 6.45) is 0. The Morgan fingerprint density at radius 3 is 2.47 bits per heavy atom. The number of carbonyl (C=O) groups is 2. The lowest BCUT2D eigenvalue weighted by Gasteiger charge is -2.30. The van der Waals surface area contributed by atoms with Crippen LogP contribution in [0.15, 0.2) is 60.7 Å². The van der Waals surface area contributed by atoms with Gasteiger partial charge in [-0.25, -0.2) is 0 Å². The third-order valence-electron chi connectivity index (χ3n) is 5.06. The van der Waals surface area contributed by atoms with E-state index in [1.54, 1.807) is 47.4 Å². The molecule has 0 aromatic heterocycles. The van der Waals surface area contributed by atoms with Gasteiger partial charge >= 0.3 is 0 Å². The molecule has 1 heterocycles. The Kier molecular flexibility index (Phi) is 6.18. The molecule has 0 radical (unpaired) electrons. The van der Waals surface area contributed by atoms with Gasteiger partial charge < -0.3 is 24.4 Å². The summed E-state index contributed by atoms with van der Waals surface area (Å²) in [6, 6.07) is 17.4. The van der Waals surface area contributed by atoms with Crippen molar-refractivity contribution in [2.75, 3.05) is 31.0 Å². The van der Waals surface area contributed by atoms with Crippen molar-refractivity contribution in [1.82, 2.24) is 0 Å². The normalized spacial score (nSPS) is 12.6. The molecule has 0 saturated heterocycles. The van der Waals surface area contributed by atoms with Gasteiger partial charge in [0.2, 0.25) is 0 Å². The van der Waals surface area contributed by atoms with E-state index < -0.39 is 0 Å². The predicted molar refractivity (Wildman–Crippen MR) is 122 cm³/mol. The summed E-state index contributed by atoms with van der Waals surface area (Å²) in [5, 5.41) is 3.43. The first-order valence-electron chi connectivity index (χ1n) is 9.83. The summed E-state index contributed by atoms with van der Waals surface area (Å²) in [5.41, 5.74) is 2.26. The van der Waals surface area contributed by atoms with Crippen LogP contribution in [0.4, 0.5) is 11.4 Å². The molecule has 7 nitrogen and oxygen atoms in total. The first-order valence-corrected chi connectivity index (χ1v) is 10.2. The van der Waals surface area contributed by atoms with E-state index in [0.29, 0.717) is 45.8 Å². The Labute approximate surface area is 190 Å². The molecule has 8 heteroatoms. The first-order chi connectivity index (χ1) is 15.5. The molecule has 0 spiro atoms. The average molecular weight is 453 g/mol. The number of ether oxygens (including phenoxy) is 3. The minimum absolute atomic E-state index is 0.0627. The lowest BCUT2D eigenvalue weighted by molar-refractivity contribution is -0.121. The van der Waals surface area contributed by atoms with Crippen LogP contribution >= 0.6 is 11.6 Å². The van der Waals surface area contributed by atoms with Gasteiger partial charge in [-0.15, -0.1) is 0 Å². The number of nitrogens with one attached hydrogen (secondary N) is 1. The first kappa shape index (κ1) is 21.5. The van der Waals surface area contributed by atoms with Gasteiger partial charge in [0.25, 0.3) is 11.8 Å². The maximum atomic E-state index is 12.8. The number of hydrogen-bond acceptors (Lipinski definition) is 5. The average Bonchev–Trinajstić information content (AvgIpc) is 2.81. The van der Waals surface area contributed by atoms with Gasteiger partial charge in [0, 0.05) is 22.3 Å². The minimum Gasteiger partial charge on any atom is -0.497 e. The van der Waals surface area contributed by atoms with Crippen LogP contribution in [-0.2, 0) is 11.3 Å². The van der Waals surface area contributed by atoms with Gasteiger partial charge in [-0.1, -0.05) is 29.8 Å². The van der Waals surface area contributed by atoms with Crippen molar-refractivity contribution in [3.8, 4) is 17.2 Å². The molecule has 3 aromatic rings. The molecular formula is C24H21ClN2O5. The van der Waals surface area contributed by atoms with E-state index >= 15 is 0 Å². The number of anilines is 2. The van der Waals surface area contributed by atoms with Crippen molar-refractivity contribution >= 4 is 34.8 Å². The van der Waals surface area contributed by atoms with E-state index in [9.17, 15) is 9.59 Å². The molecule has 1 aliphatic rings. The summed E-state index contributed by atoms with van der Waals surface area (Å²) in [5.74, 6) is 1.02. The van der Waals surface area contributed by atoms with Crippen molar-refractivity contribution in [3.63, 3.8) is 0 Å². The van der Waals surface area contributed by atoms with Crippen molar-refractivity contribution < 1.29 is 23.8 Å². The lowest BCUT2D eigenvalue weighted by Crippen LogP contribution is -2.38. The van der Waals surface area contributed by atoms with Crippen LogP contribution in [0, 0.1) is 0 Å². The van der Waals surface area contributed by atoms with E-state index in [1.807, 2.05) is 18.2 Å². The number of nitrogens with zero attached hydrogens (tertiary/aromatic N) is 1. The zero-order valence-corrected chi connectivity index (χ0v) is 18.3. The van der Waals surface area contributed by atoms with E-state index in [2.05, 4.69) is 5.32 Å². The van der Waals surface area contributed by atoms with Crippen LogP contribution in [0.25, 0.3) is 0 Å². The molecule has 1 N–H and O–H groups in total. The fourth-order valence-corrected chi connectivity index (χ4v) is 3.59. The number of amides is 2. The van der Waals surface area contributed by atoms with Crippen molar-refractivity contribution in [2.24, 2.45) is 0 Å². The van der Waals surface area contributed by atoms with E-state index in [0.717, 1.165) is 5.56 Å². The largest absolute Gasteiger partial charge is 0.497 e. The van der Waals surface area contributed by atoms with Crippen molar-refractivity contribution in [3.05, 3.63) is 76.8 Å². The second-order valence-electron chi connectivity index (χ2n) is 7.10. The highest BCUT2D eigenvalue weighted by Crippen LogP contribution is 2.36. The molecule has 0 atom stereocenters. The monoisotopic (exact) mass is 452 g/mol. The highest BCUT2D eigenvalue weighted by Gasteiger charge is 2.27. The van der Waals surface area contributed by atoms with Crippen LogP contribution in [0.1, 0.15) is 15.9 Å². The van der Waals surface area contributed by atoms with Crippen LogP contribution in [0.3, 0.4) is 0 Å². The Hall–Kier alpha value is -3.71. The number of benzene rings is 3. The maximum absolute atomic E-state index is 12.8. The summed E-state index contributed by atoms with van der Waals surface area (Å²) in [4.78, 5) is 27.1. The molecule has 0 fully saturated rings. The quantitative estimate of drug-likeness (QED) is 0.594. The van der Waals surface area contributed by atoms with Crippen LogP contribution < -0.4 is 24.4 Å². The summed E-state index contributed by atoms with van der Waals surface area (Å²) in [6.45, 7) is 0.228. The minimum atomic E-state index is -0.345. The predicted octanol–water partition coefficient (Wildman–Crippen LogP) is 4.54. The van der Waals surface area contributed by atoms with E-state index in [1.165, 1.54) is 14.2 Å². The molecular weight excluding hydrogens is 432 g/mol. The molecule has 32 heavy (non-hydrogen) atoms. The Morgan fingerprint density at radius 1 is 1.06 bits per heavy atom. The molecule has 164 valence electrons. The molecule has 0 saturated carbocycles. The Balaban J connectivity index is 1.61. The maximum Gasteiger partial charge on any atom is 0.265 e. The Bertz CT molecular complexity index is 1160. The summed E-state index contributed by atoms with van der Waals surface area (Å²) < 4.78 is 16.0. The third-order valence-corrected chi connectivity index (χ3v) is 5.43. The second-order valence-corrected chi connectivity index (χ2v) is 7.51. The van der Waals surface area contributed by atoms with E-state index in [4.69, 9.17) is 25.8 Å². The zero-order chi connectivity index (χ0) is 22.7. The number of methoxy groups -OCH3 is 2. The smallest absolute Gasteiger partial charge is 0.265 e. The molecule has 0 unspecified atom stereocenters. The van der Waals surface area contributed by atoms with Gasteiger partial charge in [-0.05, 0) is 42.0 Å². The number of carbonyl (C=O) groups excluding carboxylic acids is 2. The van der Waals surface area contributed by atoms with Crippen LogP contribution in [0.5, 0.6) is 17.2 Å². The number of fused-ring (bicyclic) bond motifs is 1. The molecule has 3 aromatic carbocycles. The highest BCUT2D eigenvalue weighted by atomic mass is 35.5. The van der Waals surface area contributed by atoms with Crippen LogP contribution in [0.2, 0.25) is 5.02 Å². The topological polar surface area (TPSA) is 77.1 Å². The van der Waals surface area contributed by atoms with Crippen LogP contribution in [-0.4, -0.2) is 32.6 Å². The lowest BCUT2D eigenvalue weighted by atomic mass is 10.1. The SMILES string of the molecule is COc1cc(OC)cc(C(=O)Nc2ccc3c(c2)N(Cc2ccccc2Cl)C(=O)CO3)c1. The summed E-state index contributed by atoms with van der Waals surface area (Å²) in [7, 11) is 3.04. The van der Waals surface area contributed by atoms with E-state index in [-0.39, 0.29) is 18.4 Å². The van der Waals surface area contributed by atoms with Gasteiger partial charge in [-0.3, -0.25) is 9.59 Å². The number of rotatable bonds is 6. The Morgan fingerprint density at radius 2 is 1.78 bits per heavy atom. The number of halogens is 1. The molecule has 0 aliphatic carbocycles. The zero-order valence-electron chi connectivity index (χ0n) is 17.6. The highest BCUT2D eigenvalue weighted by molar-refractivity contribution is 6.31. The molecule has 4 rings (SSSR count). The van der Waals surface area contributed by atoms with Crippen molar-refractivity contribution in [1.29, 1.82) is 0 Å². The van der Waals surface area contributed by atoms with Crippen molar-refractivity contribution in [2.45, 2.75) is 6.54 Å². The van der Waals surface area contributed by atoms with Gasteiger partial charge in [0.1, 0.15) is 17.2 Å². The third kappa shape index (κ3) is 4.48. The molecule has 1 aliphatic heterocycles. The summed E-state index contributed by atoms with van der Waals surface area (Å²) >= 11 is 6.29. The van der Waals surface area contributed by atoms with Gasteiger partial charge in [0.05, 0.1) is 26.5 Å². The standard InChI is InChI=1S/C24H21ClN2O5/c1-30-18-9-16(10-19(12-18)31-2)24(29)26-17-7-8-22-21(11-17)27(23(28)14-32-22)13-15-5-3-4-6-20(15)25/h3-12H,13-14H2,1-2H3,(H,26,29). The van der Waals surface area contributed by atoms with Gasteiger partial charge in [0.15, 0.2) is 6.61 Å². The molecule has 2 amide bonds. The fourth-order valence-electron chi connectivity index (χ4n) is 3.39. The number of hydrogen-bond donors (Lipinski definition) is 1. The second kappa shape index (κ2) is 9.20. The fraction of sp³-hybridized carbons (Fsp3) is 0.167.